The molecule has 2 unspecified atom stereocenters. The fourth-order valence-corrected chi connectivity index (χ4v) is 4.15. The third-order valence-electron chi connectivity index (χ3n) is 2.76. The highest BCUT2D eigenvalue weighted by atomic mass is 32.3. The predicted octanol–water partition coefficient (Wildman–Crippen LogP) is 1.73. The van der Waals surface area contributed by atoms with E-state index in [4.69, 9.17) is 8.37 Å². The first kappa shape index (κ1) is 18.8. The molecule has 0 bridgehead atoms. The third-order valence-corrected chi connectivity index (χ3v) is 6.27. The Morgan fingerprint density at radius 3 is 1.16 bits per heavy atom. The monoisotopic (exact) mass is 316 g/mol. The van der Waals surface area contributed by atoms with Crippen LogP contribution in [0.2, 0.25) is 0 Å². The molecule has 8 heteroatoms. The second kappa shape index (κ2) is 7.01. The van der Waals surface area contributed by atoms with Gasteiger partial charge in [0.1, 0.15) is 0 Å². The lowest BCUT2D eigenvalue weighted by molar-refractivity contribution is 0.173. The van der Waals surface area contributed by atoms with Crippen molar-refractivity contribution in [2.45, 2.75) is 53.8 Å². The molecule has 0 heterocycles. The normalized spacial score (nSPS) is 16.8. The molecule has 0 spiro atoms. The van der Waals surface area contributed by atoms with Gasteiger partial charge in [-0.05, 0) is 25.7 Å². The van der Waals surface area contributed by atoms with Crippen LogP contribution in [0, 0.1) is 11.8 Å². The first-order valence-corrected chi connectivity index (χ1v) is 9.33. The lowest BCUT2D eigenvalue weighted by Crippen LogP contribution is -2.29. The molecule has 0 aromatic heterocycles. The van der Waals surface area contributed by atoms with E-state index >= 15 is 0 Å². The topological polar surface area (TPSA) is 86.7 Å². The zero-order valence-corrected chi connectivity index (χ0v) is 13.9. The molecular formula is C11H24O6S2. The highest BCUT2D eigenvalue weighted by Crippen LogP contribution is 2.15. The van der Waals surface area contributed by atoms with Crippen LogP contribution in [0.25, 0.3) is 0 Å². The van der Waals surface area contributed by atoms with Gasteiger partial charge in [-0.25, -0.2) is 0 Å². The molecule has 0 amide bonds. The molecule has 0 aliphatic heterocycles. The molecule has 0 radical (unpaired) electrons. The standard InChI is InChI=1S/C11H24O6S2/c1-8(2)10(5)16-18(12,13)7-19(14,15)17-11(6)9(3)4/h8-11H,7H2,1-6H3. The molecule has 0 aliphatic rings. The van der Waals surface area contributed by atoms with Crippen LogP contribution < -0.4 is 0 Å². The second-order valence-electron chi connectivity index (χ2n) is 5.32. The SMILES string of the molecule is CC(C)C(C)OS(=O)(=O)CS(=O)(=O)OC(C)C(C)C. The Kier molecular flexibility index (Phi) is 6.94. The lowest BCUT2D eigenvalue weighted by atomic mass is 10.1. The Bertz CT molecular complexity index is 419. The van der Waals surface area contributed by atoms with E-state index in [0.717, 1.165) is 0 Å². The van der Waals surface area contributed by atoms with Crippen LogP contribution in [0.5, 0.6) is 0 Å². The molecule has 116 valence electrons. The van der Waals surface area contributed by atoms with E-state index in [2.05, 4.69) is 0 Å². The first-order chi connectivity index (χ1) is 8.36. The van der Waals surface area contributed by atoms with Crippen molar-refractivity contribution < 1.29 is 25.2 Å². The second-order valence-corrected chi connectivity index (χ2v) is 8.88. The minimum absolute atomic E-state index is 0.0343. The van der Waals surface area contributed by atoms with Gasteiger partial charge in [-0.2, -0.15) is 16.8 Å². The van der Waals surface area contributed by atoms with E-state index in [0.29, 0.717) is 0 Å². The van der Waals surface area contributed by atoms with Crippen molar-refractivity contribution >= 4 is 20.2 Å². The van der Waals surface area contributed by atoms with Gasteiger partial charge >= 0.3 is 0 Å². The average Bonchev–Trinajstić information content (AvgIpc) is 2.13. The number of hydrogen-bond donors (Lipinski definition) is 0. The Labute approximate surface area is 116 Å². The van der Waals surface area contributed by atoms with E-state index in [9.17, 15) is 16.8 Å². The molecule has 6 nitrogen and oxygen atoms in total. The van der Waals surface area contributed by atoms with Gasteiger partial charge in [0, 0.05) is 0 Å². The summed E-state index contributed by atoms with van der Waals surface area (Å²) in [6.07, 6.45) is -1.16. The Morgan fingerprint density at radius 1 is 0.684 bits per heavy atom. The molecule has 0 aromatic carbocycles. The van der Waals surface area contributed by atoms with Gasteiger partial charge in [0.2, 0.25) is 5.08 Å². The molecular weight excluding hydrogens is 292 g/mol. The molecule has 0 aliphatic carbocycles. The van der Waals surface area contributed by atoms with Crippen molar-refractivity contribution in [3.05, 3.63) is 0 Å². The fourth-order valence-electron chi connectivity index (χ4n) is 0.917. The highest BCUT2D eigenvalue weighted by Gasteiger charge is 2.29. The van der Waals surface area contributed by atoms with Gasteiger partial charge in [-0.1, -0.05) is 27.7 Å². The van der Waals surface area contributed by atoms with Crippen molar-refractivity contribution in [1.82, 2.24) is 0 Å². The van der Waals surface area contributed by atoms with Crippen LogP contribution in [0.1, 0.15) is 41.5 Å². The maximum absolute atomic E-state index is 11.6. The zero-order valence-electron chi connectivity index (χ0n) is 12.3. The van der Waals surface area contributed by atoms with Crippen LogP contribution in [-0.2, 0) is 28.6 Å². The van der Waals surface area contributed by atoms with Gasteiger partial charge in [-0.15, -0.1) is 0 Å². The first-order valence-electron chi connectivity index (χ1n) is 6.18. The molecule has 0 aromatic rings. The summed E-state index contributed by atoms with van der Waals surface area (Å²) in [5.74, 6) is -0.0685. The minimum atomic E-state index is -4.17. The molecule has 2 atom stereocenters. The summed E-state index contributed by atoms with van der Waals surface area (Å²) in [6, 6.07) is 0. The number of hydrogen-bond acceptors (Lipinski definition) is 6. The van der Waals surface area contributed by atoms with Crippen LogP contribution in [0.4, 0.5) is 0 Å². The third kappa shape index (κ3) is 7.86. The minimum Gasteiger partial charge on any atom is -0.266 e. The lowest BCUT2D eigenvalue weighted by Gasteiger charge is -2.18. The predicted molar refractivity (Wildman–Crippen MR) is 73.5 cm³/mol. The van der Waals surface area contributed by atoms with Crippen LogP contribution in [0.15, 0.2) is 0 Å². The van der Waals surface area contributed by atoms with Gasteiger partial charge in [0.25, 0.3) is 20.2 Å². The Morgan fingerprint density at radius 2 is 0.947 bits per heavy atom. The Hall–Kier alpha value is -0.180. The summed E-state index contributed by atoms with van der Waals surface area (Å²) in [5.41, 5.74) is 0. The van der Waals surface area contributed by atoms with Crippen LogP contribution in [-0.4, -0.2) is 34.1 Å². The zero-order chi connectivity index (χ0) is 15.4. The van der Waals surface area contributed by atoms with Crippen LogP contribution >= 0.6 is 0 Å². The van der Waals surface area contributed by atoms with Gasteiger partial charge in [-0.3, -0.25) is 8.37 Å². The summed E-state index contributed by atoms with van der Waals surface area (Å²) < 4.78 is 56.1. The maximum atomic E-state index is 11.6. The van der Waals surface area contributed by atoms with Crippen molar-refractivity contribution in [2.24, 2.45) is 11.8 Å². The van der Waals surface area contributed by atoms with Crippen LogP contribution in [0.3, 0.4) is 0 Å². The van der Waals surface area contributed by atoms with Gasteiger partial charge in [0.15, 0.2) is 0 Å². The molecule has 19 heavy (non-hydrogen) atoms. The van der Waals surface area contributed by atoms with Crippen molar-refractivity contribution in [3.63, 3.8) is 0 Å². The summed E-state index contributed by atoms with van der Waals surface area (Å²) >= 11 is 0. The quantitative estimate of drug-likeness (QED) is 0.634. The molecule has 0 fully saturated rings. The van der Waals surface area contributed by atoms with Crippen molar-refractivity contribution in [3.8, 4) is 0 Å². The molecule has 0 N–H and O–H groups in total. The van der Waals surface area contributed by atoms with E-state index in [1.54, 1.807) is 41.5 Å². The fraction of sp³-hybridized carbons (Fsp3) is 1.00. The van der Waals surface area contributed by atoms with E-state index in [1.807, 2.05) is 0 Å². The number of rotatable bonds is 8. The maximum Gasteiger partial charge on any atom is 0.284 e. The molecule has 0 rings (SSSR count). The highest BCUT2D eigenvalue weighted by molar-refractivity contribution is 8.03. The Balaban J connectivity index is 4.74. The molecule has 0 saturated carbocycles. The van der Waals surface area contributed by atoms with E-state index in [1.165, 1.54) is 0 Å². The van der Waals surface area contributed by atoms with Gasteiger partial charge in [0.05, 0.1) is 12.2 Å². The van der Waals surface area contributed by atoms with Gasteiger partial charge < -0.3 is 0 Å². The summed E-state index contributed by atoms with van der Waals surface area (Å²) in [5, 5.41) is -1.16. The van der Waals surface area contributed by atoms with E-state index < -0.39 is 37.5 Å². The average molecular weight is 316 g/mol. The molecule has 0 saturated heterocycles. The van der Waals surface area contributed by atoms with E-state index in [-0.39, 0.29) is 11.8 Å². The van der Waals surface area contributed by atoms with Crippen molar-refractivity contribution in [1.29, 1.82) is 0 Å². The summed E-state index contributed by atoms with van der Waals surface area (Å²) in [4.78, 5) is 0. The smallest absolute Gasteiger partial charge is 0.266 e. The van der Waals surface area contributed by atoms with Crippen molar-refractivity contribution in [2.75, 3.05) is 5.08 Å². The summed E-state index contributed by atoms with van der Waals surface area (Å²) in [6.45, 7) is 10.3. The summed E-state index contributed by atoms with van der Waals surface area (Å²) in [7, 11) is -8.34. The largest absolute Gasteiger partial charge is 0.284 e.